The number of rotatable bonds is 6. The summed E-state index contributed by atoms with van der Waals surface area (Å²) in [5.74, 6) is -1.04. The van der Waals surface area contributed by atoms with Gasteiger partial charge in [-0.25, -0.2) is 4.39 Å². The van der Waals surface area contributed by atoms with Gasteiger partial charge in [0, 0.05) is 23.8 Å². The minimum Gasteiger partial charge on any atom is -0.395 e. The van der Waals surface area contributed by atoms with Crippen molar-refractivity contribution in [2.45, 2.75) is 38.8 Å². The molecule has 5 nitrogen and oxygen atoms in total. The lowest BCUT2D eigenvalue weighted by Gasteiger charge is -2.32. The maximum Gasteiger partial charge on any atom is 0.257 e. The van der Waals surface area contributed by atoms with Crippen molar-refractivity contribution >= 4 is 17.3 Å². The number of carbonyl (C=O) groups is 1. The Balaban J connectivity index is 2.43. The van der Waals surface area contributed by atoms with Crippen molar-refractivity contribution in [1.82, 2.24) is 0 Å². The topological polar surface area (TPSA) is 72.8 Å². The van der Waals surface area contributed by atoms with E-state index in [0.29, 0.717) is 17.9 Å². The van der Waals surface area contributed by atoms with Crippen molar-refractivity contribution in [2.75, 3.05) is 23.4 Å². The van der Waals surface area contributed by atoms with E-state index in [2.05, 4.69) is 5.32 Å². The Hall–Kier alpha value is -1.66. The molecule has 0 aliphatic carbocycles. The number of hydrogen-bond donors (Lipinski definition) is 3. The molecular weight excluding hydrogens is 275 g/mol. The summed E-state index contributed by atoms with van der Waals surface area (Å²) in [7, 11) is 0. The second kappa shape index (κ2) is 6.41. The van der Waals surface area contributed by atoms with Gasteiger partial charge in [-0.2, -0.15) is 0 Å². The lowest BCUT2D eigenvalue weighted by atomic mass is 10.1. The molecule has 1 aromatic rings. The van der Waals surface area contributed by atoms with Crippen molar-refractivity contribution in [2.24, 2.45) is 0 Å². The maximum absolute atomic E-state index is 14.4. The molecule has 116 valence electrons. The van der Waals surface area contributed by atoms with Gasteiger partial charge in [-0.1, -0.05) is 13.8 Å². The molecule has 0 radical (unpaired) electrons. The molecule has 0 spiro atoms. The van der Waals surface area contributed by atoms with E-state index in [-0.39, 0.29) is 18.2 Å². The van der Waals surface area contributed by atoms with E-state index in [1.54, 1.807) is 0 Å². The predicted octanol–water partition coefficient (Wildman–Crippen LogP) is 1.80. The summed E-state index contributed by atoms with van der Waals surface area (Å²) in [4.78, 5) is 13.3. The molecule has 0 fully saturated rings. The highest BCUT2D eigenvalue weighted by molar-refractivity contribution is 6.02. The van der Waals surface area contributed by atoms with E-state index in [4.69, 9.17) is 0 Å². The Morgan fingerprint density at radius 3 is 2.62 bits per heavy atom. The average molecular weight is 296 g/mol. The van der Waals surface area contributed by atoms with Gasteiger partial charge in [0.1, 0.15) is 5.82 Å². The van der Waals surface area contributed by atoms with Crippen LogP contribution in [0.15, 0.2) is 12.1 Å². The van der Waals surface area contributed by atoms with Gasteiger partial charge < -0.3 is 20.4 Å². The van der Waals surface area contributed by atoms with Crippen LogP contribution in [0.5, 0.6) is 0 Å². The maximum atomic E-state index is 14.4. The molecule has 1 heterocycles. The summed E-state index contributed by atoms with van der Waals surface area (Å²) < 4.78 is 14.4. The first-order valence-electron chi connectivity index (χ1n) is 7.23. The number of carbonyl (C=O) groups excluding carboxylic acids is 1. The Morgan fingerprint density at radius 2 is 2.05 bits per heavy atom. The number of benzene rings is 1. The Bertz CT molecular complexity index is 532. The van der Waals surface area contributed by atoms with Crippen molar-refractivity contribution in [3.63, 3.8) is 0 Å². The second-order valence-electron chi connectivity index (χ2n) is 5.17. The van der Waals surface area contributed by atoms with E-state index in [9.17, 15) is 19.4 Å². The number of aliphatic hydroxyl groups is 2. The van der Waals surface area contributed by atoms with Crippen LogP contribution in [0, 0.1) is 5.82 Å². The fourth-order valence-electron chi connectivity index (χ4n) is 2.81. The predicted molar refractivity (Wildman–Crippen MR) is 78.8 cm³/mol. The van der Waals surface area contributed by atoms with Crippen molar-refractivity contribution in [1.29, 1.82) is 0 Å². The van der Waals surface area contributed by atoms with Crippen LogP contribution in [0.2, 0.25) is 0 Å². The van der Waals surface area contributed by atoms with E-state index < -0.39 is 17.8 Å². The van der Waals surface area contributed by atoms with Crippen LogP contribution >= 0.6 is 0 Å². The van der Waals surface area contributed by atoms with Gasteiger partial charge in [-0.05, 0) is 25.0 Å². The average Bonchev–Trinajstić information content (AvgIpc) is 2.74. The molecule has 1 aliphatic rings. The quantitative estimate of drug-likeness (QED) is 0.748. The summed E-state index contributed by atoms with van der Waals surface area (Å²) in [6.07, 6.45) is 0.326. The lowest BCUT2D eigenvalue weighted by Crippen LogP contribution is -2.37. The first kappa shape index (κ1) is 15.7. The summed E-state index contributed by atoms with van der Waals surface area (Å²) in [6, 6.07) is 2.83. The van der Waals surface area contributed by atoms with Gasteiger partial charge >= 0.3 is 0 Å². The second-order valence-corrected chi connectivity index (χ2v) is 5.17. The largest absolute Gasteiger partial charge is 0.395 e. The molecule has 2 rings (SSSR count). The molecule has 21 heavy (non-hydrogen) atoms. The number of fused-ring (bicyclic) bond motifs is 1. The Kier molecular flexibility index (Phi) is 4.80. The molecule has 0 aromatic heterocycles. The zero-order chi connectivity index (χ0) is 15.6. The van der Waals surface area contributed by atoms with Crippen LogP contribution in [0.25, 0.3) is 0 Å². The summed E-state index contributed by atoms with van der Waals surface area (Å²) >= 11 is 0. The SMILES string of the molecule is CCC(CC)N(CCO)c1cc2c(cc1F)C(O)C(=O)N2. The summed E-state index contributed by atoms with van der Waals surface area (Å²) in [5, 5.41) is 21.5. The third-order valence-electron chi connectivity index (χ3n) is 3.95. The normalized spacial score (nSPS) is 17.0. The molecule has 0 bridgehead atoms. The van der Waals surface area contributed by atoms with Gasteiger partial charge in [-0.15, -0.1) is 0 Å². The number of amides is 1. The van der Waals surface area contributed by atoms with E-state index in [1.807, 2.05) is 18.7 Å². The number of nitrogens with one attached hydrogen (secondary N) is 1. The molecular formula is C15H21FN2O3. The smallest absolute Gasteiger partial charge is 0.257 e. The molecule has 1 unspecified atom stereocenters. The third-order valence-corrected chi connectivity index (χ3v) is 3.95. The summed E-state index contributed by atoms with van der Waals surface area (Å²) in [6.45, 7) is 4.26. The van der Waals surface area contributed by atoms with Crippen LogP contribution in [-0.2, 0) is 4.79 Å². The zero-order valence-corrected chi connectivity index (χ0v) is 12.3. The Labute approximate surface area is 123 Å². The van der Waals surface area contributed by atoms with E-state index in [1.165, 1.54) is 12.1 Å². The van der Waals surface area contributed by atoms with E-state index in [0.717, 1.165) is 12.8 Å². The minimum atomic E-state index is -1.32. The number of anilines is 2. The molecule has 1 amide bonds. The highest BCUT2D eigenvalue weighted by atomic mass is 19.1. The van der Waals surface area contributed by atoms with Crippen LogP contribution in [0.1, 0.15) is 38.4 Å². The number of hydrogen-bond acceptors (Lipinski definition) is 4. The Morgan fingerprint density at radius 1 is 1.38 bits per heavy atom. The standard InChI is InChI=1S/C15H21FN2O3/c1-3-9(4-2)18(5-6-19)13-8-12-10(7-11(13)16)14(20)15(21)17-12/h7-9,14,19-20H,3-6H2,1-2H3,(H,17,21). The van der Waals surface area contributed by atoms with Crippen LogP contribution in [-0.4, -0.2) is 35.3 Å². The van der Waals surface area contributed by atoms with Crippen molar-refractivity contribution in [3.8, 4) is 0 Å². The van der Waals surface area contributed by atoms with Gasteiger partial charge in [0.15, 0.2) is 6.10 Å². The molecule has 1 aliphatic heterocycles. The van der Waals surface area contributed by atoms with Gasteiger partial charge in [0.25, 0.3) is 5.91 Å². The van der Waals surface area contributed by atoms with Gasteiger partial charge in [-0.3, -0.25) is 4.79 Å². The van der Waals surface area contributed by atoms with E-state index >= 15 is 0 Å². The van der Waals surface area contributed by atoms with Gasteiger partial charge in [0.05, 0.1) is 12.3 Å². The van der Waals surface area contributed by atoms with Gasteiger partial charge in [0.2, 0.25) is 0 Å². The zero-order valence-electron chi connectivity index (χ0n) is 12.3. The third kappa shape index (κ3) is 2.87. The van der Waals surface area contributed by atoms with Crippen LogP contribution in [0.4, 0.5) is 15.8 Å². The first-order valence-corrected chi connectivity index (χ1v) is 7.23. The number of aliphatic hydroxyl groups excluding tert-OH is 2. The minimum absolute atomic E-state index is 0.0813. The van der Waals surface area contributed by atoms with Crippen molar-refractivity contribution in [3.05, 3.63) is 23.5 Å². The molecule has 3 N–H and O–H groups in total. The number of halogens is 1. The van der Waals surface area contributed by atoms with Crippen LogP contribution < -0.4 is 10.2 Å². The highest BCUT2D eigenvalue weighted by Gasteiger charge is 2.31. The molecule has 0 saturated carbocycles. The molecule has 1 aromatic carbocycles. The fraction of sp³-hybridized carbons (Fsp3) is 0.533. The highest BCUT2D eigenvalue weighted by Crippen LogP contribution is 2.36. The summed E-state index contributed by atoms with van der Waals surface area (Å²) in [5.41, 5.74) is 1.03. The molecule has 6 heteroatoms. The monoisotopic (exact) mass is 296 g/mol. The molecule has 1 atom stereocenters. The first-order chi connectivity index (χ1) is 10.0. The fourth-order valence-corrected chi connectivity index (χ4v) is 2.81. The van der Waals surface area contributed by atoms with Crippen molar-refractivity contribution < 1.29 is 19.4 Å². The molecule has 0 saturated heterocycles. The number of nitrogens with zero attached hydrogens (tertiary/aromatic N) is 1. The lowest BCUT2D eigenvalue weighted by molar-refractivity contribution is -0.123. The van der Waals surface area contributed by atoms with Crippen LogP contribution in [0.3, 0.4) is 0 Å².